The van der Waals surface area contributed by atoms with Crippen molar-refractivity contribution >= 4 is 23.4 Å². The number of carbonyl (C=O) groups is 2. The molecule has 3 rings (SSSR count). The zero-order chi connectivity index (χ0) is 20.1. The summed E-state index contributed by atoms with van der Waals surface area (Å²) >= 11 is 5.88. The number of aromatic nitrogens is 3. The van der Waals surface area contributed by atoms with Gasteiger partial charge in [0.15, 0.2) is 5.69 Å². The Labute approximate surface area is 169 Å². The number of amides is 2. The number of carbonyl (C=O) groups excluding carboxylic acids is 2. The number of benzene rings is 1. The SMILES string of the molecule is CC(C)NC(=O)c1cn(CCN2CCN(C(=O)c3ccc(Cl)cc3)CC2)nn1. The molecule has 0 radical (unpaired) electrons. The van der Waals surface area contributed by atoms with Gasteiger partial charge in [0, 0.05) is 49.4 Å². The van der Waals surface area contributed by atoms with E-state index in [0.717, 1.165) is 19.6 Å². The van der Waals surface area contributed by atoms with Gasteiger partial charge in [-0.05, 0) is 38.1 Å². The second-order valence-electron chi connectivity index (χ2n) is 7.14. The third kappa shape index (κ3) is 5.30. The lowest BCUT2D eigenvalue weighted by Gasteiger charge is -2.34. The summed E-state index contributed by atoms with van der Waals surface area (Å²) in [4.78, 5) is 28.6. The molecule has 1 aliphatic heterocycles. The van der Waals surface area contributed by atoms with Crippen molar-refractivity contribution < 1.29 is 9.59 Å². The molecule has 1 aromatic heterocycles. The van der Waals surface area contributed by atoms with E-state index in [1.54, 1.807) is 35.1 Å². The molecule has 8 nitrogen and oxygen atoms in total. The first-order chi connectivity index (χ1) is 13.4. The lowest BCUT2D eigenvalue weighted by molar-refractivity contribution is 0.0631. The molecule has 0 saturated carbocycles. The van der Waals surface area contributed by atoms with Gasteiger partial charge in [-0.3, -0.25) is 19.2 Å². The quantitative estimate of drug-likeness (QED) is 0.789. The normalized spacial score (nSPS) is 15.1. The van der Waals surface area contributed by atoms with E-state index in [-0.39, 0.29) is 17.9 Å². The first kappa shape index (κ1) is 20.3. The lowest BCUT2D eigenvalue weighted by atomic mass is 10.2. The van der Waals surface area contributed by atoms with Gasteiger partial charge in [-0.2, -0.15) is 0 Å². The van der Waals surface area contributed by atoms with E-state index in [9.17, 15) is 9.59 Å². The predicted molar refractivity (Wildman–Crippen MR) is 106 cm³/mol. The summed E-state index contributed by atoms with van der Waals surface area (Å²) in [5.41, 5.74) is 0.986. The molecule has 1 fully saturated rings. The first-order valence-corrected chi connectivity index (χ1v) is 9.78. The third-order valence-corrected chi connectivity index (χ3v) is 4.84. The van der Waals surface area contributed by atoms with Crippen molar-refractivity contribution in [1.82, 2.24) is 30.1 Å². The van der Waals surface area contributed by atoms with Crippen molar-refractivity contribution in [3.05, 3.63) is 46.7 Å². The fourth-order valence-corrected chi connectivity index (χ4v) is 3.17. The summed E-state index contributed by atoms with van der Waals surface area (Å²) < 4.78 is 1.68. The molecule has 0 unspecified atom stereocenters. The summed E-state index contributed by atoms with van der Waals surface area (Å²) in [5.74, 6) is -0.177. The Morgan fingerprint density at radius 2 is 1.79 bits per heavy atom. The Morgan fingerprint density at radius 1 is 1.11 bits per heavy atom. The summed E-state index contributed by atoms with van der Waals surface area (Å²) in [6.07, 6.45) is 1.66. The van der Waals surface area contributed by atoms with Crippen LogP contribution in [0.2, 0.25) is 5.02 Å². The van der Waals surface area contributed by atoms with Crippen LogP contribution >= 0.6 is 11.6 Å². The first-order valence-electron chi connectivity index (χ1n) is 9.40. The van der Waals surface area contributed by atoms with Crippen LogP contribution in [0.15, 0.2) is 30.5 Å². The maximum absolute atomic E-state index is 12.5. The molecule has 2 amide bonds. The highest BCUT2D eigenvalue weighted by molar-refractivity contribution is 6.30. The second kappa shape index (κ2) is 9.16. The van der Waals surface area contributed by atoms with E-state index in [1.165, 1.54) is 0 Å². The number of halogens is 1. The number of nitrogens with one attached hydrogen (secondary N) is 1. The molecule has 2 aromatic rings. The van der Waals surface area contributed by atoms with Gasteiger partial charge in [-0.25, -0.2) is 0 Å². The van der Waals surface area contributed by atoms with Crippen molar-refractivity contribution in [1.29, 1.82) is 0 Å². The molecule has 1 aromatic carbocycles. The van der Waals surface area contributed by atoms with Gasteiger partial charge in [0.1, 0.15) is 0 Å². The molecule has 1 saturated heterocycles. The van der Waals surface area contributed by atoms with Gasteiger partial charge in [0.2, 0.25) is 0 Å². The van der Waals surface area contributed by atoms with E-state index in [1.807, 2.05) is 18.7 Å². The molecule has 0 bridgehead atoms. The van der Waals surface area contributed by atoms with E-state index in [0.29, 0.717) is 35.9 Å². The van der Waals surface area contributed by atoms with Crippen LogP contribution in [0.3, 0.4) is 0 Å². The van der Waals surface area contributed by atoms with Crippen LogP contribution in [0, 0.1) is 0 Å². The minimum atomic E-state index is -0.212. The minimum Gasteiger partial charge on any atom is -0.348 e. The number of piperazine rings is 1. The molecule has 2 heterocycles. The average molecular weight is 405 g/mol. The highest BCUT2D eigenvalue weighted by atomic mass is 35.5. The van der Waals surface area contributed by atoms with Gasteiger partial charge in [-0.15, -0.1) is 5.10 Å². The molecular weight excluding hydrogens is 380 g/mol. The predicted octanol–water partition coefficient (Wildman–Crippen LogP) is 1.53. The highest BCUT2D eigenvalue weighted by Gasteiger charge is 2.22. The van der Waals surface area contributed by atoms with Crippen LogP contribution in [0.1, 0.15) is 34.7 Å². The summed E-state index contributed by atoms with van der Waals surface area (Å²) in [7, 11) is 0. The Morgan fingerprint density at radius 3 is 2.43 bits per heavy atom. The van der Waals surface area contributed by atoms with Gasteiger partial charge in [0.05, 0.1) is 12.7 Å². The van der Waals surface area contributed by atoms with E-state index >= 15 is 0 Å². The molecule has 9 heteroatoms. The van der Waals surface area contributed by atoms with Crippen molar-refractivity contribution in [2.45, 2.75) is 26.4 Å². The highest BCUT2D eigenvalue weighted by Crippen LogP contribution is 2.13. The van der Waals surface area contributed by atoms with Crippen LogP contribution < -0.4 is 5.32 Å². The zero-order valence-electron chi connectivity index (χ0n) is 16.1. The molecule has 1 aliphatic rings. The summed E-state index contributed by atoms with van der Waals surface area (Å²) in [6, 6.07) is 7.05. The van der Waals surface area contributed by atoms with Crippen LogP contribution in [0.25, 0.3) is 0 Å². The molecule has 150 valence electrons. The second-order valence-corrected chi connectivity index (χ2v) is 7.57. The smallest absolute Gasteiger partial charge is 0.273 e. The Kier molecular flexibility index (Phi) is 6.64. The Bertz CT molecular complexity index is 812. The number of nitrogens with zero attached hydrogens (tertiary/aromatic N) is 5. The standard InChI is InChI=1S/C19H25ClN6O2/c1-14(2)21-18(27)17-13-26(23-22-17)12-9-24-7-10-25(11-8-24)19(28)15-3-5-16(20)6-4-15/h3-6,13-14H,7-12H2,1-2H3,(H,21,27). The summed E-state index contributed by atoms with van der Waals surface area (Å²) in [6.45, 7) is 8.20. The van der Waals surface area contributed by atoms with E-state index in [4.69, 9.17) is 11.6 Å². The maximum Gasteiger partial charge on any atom is 0.273 e. The average Bonchev–Trinajstić information content (AvgIpc) is 3.16. The van der Waals surface area contributed by atoms with Gasteiger partial charge < -0.3 is 10.2 Å². The topological polar surface area (TPSA) is 83.4 Å². The fraction of sp³-hybridized carbons (Fsp3) is 0.474. The maximum atomic E-state index is 12.5. The molecule has 0 aliphatic carbocycles. The van der Waals surface area contributed by atoms with Crippen molar-refractivity contribution in [3.63, 3.8) is 0 Å². The largest absolute Gasteiger partial charge is 0.348 e. The number of rotatable bonds is 6. The third-order valence-electron chi connectivity index (χ3n) is 4.59. The van der Waals surface area contributed by atoms with Crippen molar-refractivity contribution in [3.8, 4) is 0 Å². The zero-order valence-corrected chi connectivity index (χ0v) is 16.9. The van der Waals surface area contributed by atoms with Crippen molar-refractivity contribution in [2.75, 3.05) is 32.7 Å². The number of hydrogen-bond acceptors (Lipinski definition) is 5. The lowest BCUT2D eigenvalue weighted by Crippen LogP contribution is -2.49. The fourth-order valence-electron chi connectivity index (χ4n) is 3.04. The Hall–Kier alpha value is -2.45. The van der Waals surface area contributed by atoms with Gasteiger partial charge in [-0.1, -0.05) is 16.8 Å². The monoisotopic (exact) mass is 404 g/mol. The molecule has 1 N–H and O–H groups in total. The van der Waals surface area contributed by atoms with Gasteiger partial charge in [0.25, 0.3) is 11.8 Å². The Balaban J connectivity index is 1.45. The van der Waals surface area contributed by atoms with Gasteiger partial charge >= 0.3 is 0 Å². The molecular formula is C19H25ClN6O2. The van der Waals surface area contributed by atoms with E-state index < -0.39 is 0 Å². The van der Waals surface area contributed by atoms with Crippen LogP contribution in [-0.4, -0.2) is 75.4 Å². The minimum absolute atomic E-state index is 0.0356. The van der Waals surface area contributed by atoms with Crippen molar-refractivity contribution in [2.24, 2.45) is 0 Å². The van der Waals surface area contributed by atoms with E-state index in [2.05, 4.69) is 20.5 Å². The number of hydrogen-bond donors (Lipinski definition) is 1. The molecule has 0 spiro atoms. The van der Waals surface area contributed by atoms with Crippen LogP contribution in [0.5, 0.6) is 0 Å². The molecule has 28 heavy (non-hydrogen) atoms. The van der Waals surface area contributed by atoms with Crippen LogP contribution in [-0.2, 0) is 6.54 Å². The molecule has 0 atom stereocenters. The summed E-state index contributed by atoms with van der Waals surface area (Å²) in [5, 5.41) is 11.4. The van der Waals surface area contributed by atoms with Crippen LogP contribution in [0.4, 0.5) is 0 Å².